The molecule has 1 heterocycles. The summed E-state index contributed by atoms with van der Waals surface area (Å²) in [6.07, 6.45) is 0. The summed E-state index contributed by atoms with van der Waals surface area (Å²) in [4.78, 5) is 6.94. The summed E-state index contributed by atoms with van der Waals surface area (Å²) < 4.78 is 16.1. The van der Waals surface area contributed by atoms with Crippen molar-refractivity contribution >= 4 is 5.96 Å². The van der Waals surface area contributed by atoms with E-state index in [4.69, 9.17) is 19.2 Å². The molecule has 1 fully saturated rings. The summed E-state index contributed by atoms with van der Waals surface area (Å²) in [5.41, 5.74) is 2.52. The number of aliphatic imine (C=N–C) groups is 1. The Morgan fingerprint density at radius 2 is 1.92 bits per heavy atom. The molecule has 1 saturated heterocycles. The second-order valence-electron chi connectivity index (χ2n) is 6.96. The molecule has 0 amide bonds. The predicted molar refractivity (Wildman–Crippen MR) is 101 cm³/mol. The van der Waals surface area contributed by atoms with Gasteiger partial charge in [-0.15, -0.1) is 0 Å². The van der Waals surface area contributed by atoms with Gasteiger partial charge in [-0.1, -0.05) is 6.92 Å². The van der Waals surface area contributed by atoms with Crippen LogP contribution in [0.4, 0.5) is 0 Å². The van der Waals surface area contributed by atoms with Gasteiger partial charge in [-0.25, -0.2) is 0 Å². The van der Waals surface area contributed by atoms with E-state index >= 15 is 0 Å². The molecule has 6 heteroatoms. The highest BCUT2D eigenvalue weighted by molar-refractivity contribution is 5.79. The van der Waals surface area contributed by atoms with Gasteiger partial charge in [0, 0.05) is 25.6 Å². The molecule has 0 saturated carbocycles. The fraction of sp³-hybridized carbons (Fsp3) is 0.632. The number of nitrogens with one attached hydrogen (secondary N) is 1. The number of guanidine groups is 1. The first-order valence-electron chi connectivity index (χ1n) is 8.71. The van der Waals surface area contributed by atoms with Crippen molar-refractivity contribution in [3.8, 4) is 11.5 Å². The van der Waals surface area contributed by atoms with Crippen molar-refractivity contribution in [2.24, 2.45) is 10.4 Å². The first-order chi connectivity index (χ1) is 11.9. The van der Waals surface area contributed by atoms with Crippen LogP contribution in [-0.2, 0) is 11.3 Å². The van der Waals surface area contributed by atoms with Crippen LogP contribution in [0.5, 0.6) is 11.5 Å². The normalized spacial score (nSPS) is 16.2. The summed E-state index contributed by atoms with van der Waals surface area (Å²) in [6.45, 7) is 10.3. The molecule has 6 nitrogen and oxygen atoms in total. The zero-order valence-corrected chi connectivity index (χ0v) is 16.3. The Balaban J connectivity index is 2.14. The largest absolute Gasteiger partial charge is 0.493 e. The molecule has 25 heavy (non-hydrogen) atoms. The van der Waals surface area contributed by atoms with Crippen molar-refractivity contribution in [3.05, 3.63) is 23.3 Å². The van der Waals surface area contributed by atoms with E-state index < -0.39 is 0 Å². The first-order valence-corrected chi connectivity index (χ1v) is 8.71. The van der Waals surface area contributed by atoms with Crippen molar-refractivity contribution in [2.45, 2.75) is 27.3 Å². The molecule has 0 spiro atoms. The van der Waals surface area contributed by atoms with Crippen molar-refractivity contribution < 1.29 is 14.2 Å². The Labute approximate surface area is 151 Å². The zero-order valence-electron chi connectivity index (χ0n) is 16.3. The number of ether oxygens (including phenoxy) is 3. The van der Waals surface area contributed by atoms with E-state index in [1.165, 1.54) is 11.1 Å². The number of hydrogen-bond acceptors (Lipinski definition) is 4. The molecule has 140 valence electrons. The van der Waals surface area contributed by atoms with E-state index in [-0.39, 0.29) is 5.41 Å². The SMILES string of the molecule is CCNC(=NCC1(C)COC1)N(C)Cc1cc(OC)c(OC)cc1C. The van der Waals surface area contributed by atoms with E-state index in [0.29, 0.717) is 0 Å². The third-order valence-corrected chi connectivity index (χ3v) is 4.46. The van der Waals surface area contributed by atoms with Gasteiger partial charge >= 0.3 is 0 Å². The van der Waals surface area contributed by atoms with Crippen LogP contribution < -0.4 is 14.8 Å². The van der Waals surface area contributed by atoms with Gasteiger partial charge in [0.15, 0.2) is 17.5 Å². The van der Waals surface area contributed by atoms with E-state index in [0.717, 1.165) is 50.3 Å². The molecule has 0 bridgehead atoms. The molecule has 0 radical (unpaired) electrons. The maximum Gasteiger partial charge on any atom is 0.193 e. The minimum Gasteiger partial charge on any atom is -0.493 e. The lowest BCUT2D eigenvalue weighted by Gasteiger charge is -2.37. The lowest BCUT2D eigenvalue weighted by Crippen LogP contribution is -2.44. The van der Waals surface area contributed by atoms with E-state index in [1.54, 1.807) is 14.2 Å². The number of rotatable bonds is 7. The molecular formula is C19H31N3O3. The lowest BCUT2D eigenvalue weighted by atomic mass is 9.89. The lowest BCUT2D eigenvalue weighted by molar-refractivity contribution is -0.0946. The standard InChI is InChI=1S/C19H31N3O3/c1-7-20-18(21-11-19(3)12-25-13-19)22(4)10-15-9-17(24-6)16(23-5)8-14(15)2/h8-9H,7,10-13H2,1-6H3,(H,20,21). The third kappa shape index (κ3) is 4.78. The quantitative estimate of drug-likeness (QED) is 0.605. The Kier molecular flexibility index (Phi) is 6.53. The molecule has 1 aromatic rings. The highest BCUT2D eigenvalue weighted by Gasteiger charge is 2.33. The minimum absolute atomic E-state index is 0.167. The van der Waals surface area contributed by atoms with Gasteiger partial charge < -0.3 is 24.4 Å². The monoisotopic (exact) mass is 349 g/mol. The van der Waals surface area contributed by atoms with Gasteiger partial charge in [-0.2, -0.15) is 0 Å². The molecule has 0 atom stereocenters. The maximum absolute atomic E-state index is 5.43. The summed E-state index contributed by atoms with van der Waals surface area (Å²) in [5.74, 6) is 2.41. The molecule has 0 aliphatic carbocycles. The summed E-state index contributed by atoms with van der Waals surface area (Å²) >= 11 is 0. The van der Waals surface area contributed by atoms with Crippen molar-refractivity contribution in [1.29, 1.82) is 0 Å². The smallest absolute Gasteiger partial charge is 0.193 e. The van der Waals surface area contributed by atoms with Crippen LogP contribution in [0.2, 0.25) is 0 Å². The van der Waals surface area contributed by atoms with Crippen LogP contribution in [0.15, 0.2) is 17.1 Å². The molecule has 0 aromatic heterocycles. The Morgan fingerprint density at radius 3 is 2.44 bits per heavy atom. The van der Waals surface area contributed by atoms with Crippen LogP contribution in [0, 0.1) is 12.3 Å². The summed E-state index contributed by atoms with van der Waals surface area (Å²) in [5, 5.41) is 3.37. The van der Waals surface area contributed by atoms with E-state index in [2.05, 4.69) is 38.0 Å². The second-order valence-corrected chi connectivity index (χ2v) is 6.96. The number of benzene rings is 1. The van der Waals surface area contributed by atoms with Crippen molar-refractivity contribution in [1.82, 2.24) is 10.2 Å². The topological polar surface area (TPSA) is 55.3 Å². The Morgan fingerprint density at radius 1 is 1.28 bits per heavy atom. The molecular weight excluding hydrogens is 318 g/mol. The molecule has 1 aromatic carbocycles. The van der Waals surface area contributed by atoms with Crippen LogP contribution in [0.3, 0.4) is 0 Å². The van der Waals surface area contributed by atoms with Crippen molar-refractivity contribution in [3.63, 3.8) is 0 Å². The maximum atomic E-state index is 5.43. The number of hydrogen-bond donors (Lipinski definition) is 1. The molecule has 0 unspecified atom stereocenters. The van der Waals surface area contributed by atoms with Crippen LogP contribution in [0.1, 0.15) is 25.0 Å². The fourth-order valence-electron chi connectivity index (χ4n) is 2.80. The first kappa shape index (κ1) is 19.4. The van der Waals surface area contributed by atoms with Crippen molar-refractivity contribution in [2.75, 3.05) is 47.6 Å². The van der Waals surface area contributed by atoms with E-state index in [9.17, 15) is 0 Å². The van der Waals surface area contributed by atoms with Gasteiger partial charge in [0.1, 0.15) is 0 Å². The van der Waals surface area contributed by atoms with Gasteiger partial charge in [-0.3, -0.25) is 4.99 Å². The number of aryl methyl sites for hydroxylation is 1. The number of nitrogens with zero attached hydrogens (tertiary/aromatic N) is 2. The highest BCUT2D eigenvalue weighted by Crippen LogP contribution is 2.31. The van der Waals surface area contributed by atoms with Gasteiger partial charge in [-0.05, 0) is 37.1 Å². The third-order valence-electron chi connectivity index (χ3n) is 4.46. The fourth-order valence-corrected chi connectivity index (χ4v) is 2.80. The Hall–Kier alpha value is -1.95. The molecule has 1 N–H and O–H groups in total. The van der Waals surface area contributed by atoms with Crippen LogP contribution in [-0.4, -0.2) is 58.4 Å². The van der Waals surface area contributed by atoms with E-state index in [1.807, 2.05) is 12.1 Å². The second kappa shape index (κ2) is 8.43. The van der Waals surface area contributed by atoms with Gasteiger partial charge in [0.25, 0.3) is 0 Å². The van der Waals surface area contributed by atoms with Gasteiger partial charge in [0.05, 0.1) is 34.0 Å². The molecule has 1 aliphatic rings. The minimum atomic E-state index is 0.167. The Bertz CT molecular complexity index is 612. The molecule has 1 aliphatic heterocycles. The molecule has 2 rings (SSSR count). The number of methoxy groups -OCH3 is 2. The summed E-state index contributed by atoms with van der Waals surface area (Å²) in [7, 11) is 5.37. The van der Waals surface area contributed by atoms with Crippen LogP contribution in [0.25, 0.3) is 0 Å². The van der Waals surface area contributed by atoms with Crippen LogP contribution >= 0.6 is 0 Å². The average Bonchev–Trinajstić information content (AvgIpc) is 2.58. The predicted octanol–water partition coefficient (Wildman–Crippen LogP) is 2.45. The summed E-state index contributed by atoms with van der Waals surface area (Å²) in [6, 6.07) is 4.05. The zero-order chi connectivity index (χ0) is 18.4. The highest BCUT2D eigenvalue weighted by atomic mass is 16.5. The van der Waals surface area contributed by atoms with Gasteiger partial charge in [0.2, 0.25) is 0 Å². The average molecular weight is 349 g/mol.